The van der Waals surface area contributed by atoms with Crippen LogP contribution in [0.25, 0.3) is 0 Å². The number of carbonyl (C=O) groups excluding carboxylic acids is 3. The molecular weight excluding hydrogens is 488 g/mol. The molecule has 1 fully saturated rings. The number of aromatic hydroxyl groups is 1. The summed E-state index contributed by atoms with van der Waals surface area (Å²) in [7, 11) is 4.80. The number of phenols is 1. The molecule has 10 heteroatoms. The number of nitrogens with one attached hydrogen (secondary N) is 1. The maximum absolute atomic E-state index is 13.7. The van der Waals surface area contributed by atoms with Crippen LogP contribution in [0.1, 0.15) is 43.0 Å². The minimum Gasteiger partial charge on any atom is -0.504 e. The van der Waals surface area contributed by atoms with Gasteiger partial charge >= 0.3 is 0 Å². The third-order valence-electron chi connectivity index (χ3n) is 8.61. The van der Waals surface area contributed by atoms with Gasteiger partial charge in [0, 0.05) is 47.8 Å². The van der Waals surface area contributed by atoms with Crippen molar-refractivity contribution in [2.75, 3.05) is 27.8 Å². The molecule has 0 spiro atoms. The van der Waals surface area contributed by atoms with Crippen molar-refractivity contribution in [1.29, 1.82) is 5.26 Å². The van der Waals surface area contributed by atoms with E-state index in [1.165, 1.54) is 21.1 Å². The average Bonchev–Trinajstić information content (AvgIpc) is 2.86. The number of benzene rings is 1. The van der Waals surface area contributed by atoms with Crippen molar-refractivity contribution in [3.63, 3.8) is 0 Å². The largest absolute Gasteiger partial charge is 0.504 e. The highest BCUT2D eigenvalue weighted by Gasteiger charge is 2.57. The lowest BCUT2D eigenvalue weighted by Crippen LogP contribution is -2.71. The number of phenolic OH excluding ortho intramolecular Hbond substituents is 1. The van der Waals surface area contributed by atoms with Gasteiger partial charge in [-0.05, 0) is 44.9 Å². The monoisotopic (exact) mass is 520 g/mol. The van der Waals surface area contributed by atoms with E-state index in [0.717, 1.165) is 11.1 Å². The number of hydrogen-bond donors (Lipinski definition) is 2. The first-order valence-electron chi connectivity index (χ1n) is 12.7. The molecule has 1 aromatic rings. The molecule has 2 N–H and O–H groups in total. The second-order valence-corrected chi connectivity index (χ2v) is 10.5. The number of nitrogens with zero attached hydrogens (tertiary/aromatic N) is 3. The number of nitriles is 1. The minimum absolute atomic E-state index is 0.00828. The summed E-state index contributed by atoms with van der Waals surface area (Å²) in [5.41, 5.74) is 3.34. The lowest BCUT2D eigenvalue weighted by molar-refractivity contribution is -0.124. The summed E-state index contributed by atoms with van der Waals surface area (Å²) in [6.07, 6.45) is 0.718. The molecule has 38 heavy (non-hydrogen) atoms. The number of ketones is 2. The molecular formula is C28H32N4O6. The fraction of sp³-hybridized carbons (Fsp3) is 0.500. The number of likely N-dealkylation sites (N-methyl/N-ethyl adjacent to an activating group) is 1. The first-order valence-corrected chi connectivity index (χ1v) is 12.7. The molecule has 2 bridgehead atoms. The molecule has 4 unspecified atom stereocenters. The predicted molar refractivity (Wildman–Crippen MR) is 136 cm³/mol. The Balaban J connectivity index is 1.74. The molecule has 3 aliphatic heterocycles. The predicted octanol–water partition coefficient (Wildman–Crippen LogP) is 1.46. The lowest BCUT2D eigenvalue weighted by atomic mass is 9.69. The summed E-state index contributed by atoms with van der Waals surface area (Å²) >= 11 is 0. The van der Waals surface area contributed by atoms with Gasteiger partial charge in [-0.15, -0.1) is 0 Å². The number of Topliss-reactive ketones (excluding diaryl/α,β-unsaturated/α-hetero) is 2. The van der Waals surface area contributed by atoms with E-state index in [2.05, 4.69) is 16.3 Å². The van der Waals surface area contributed by atoms with Crippen molar-refractivity contribution in [2.24, 2.45) is 0 Å². The Labute approximate surface area is 221 Å². The number of carbonyl (C=O) groups is 3. The molecule has 1 amide bonds. The Kier molecular flexibility index (Phi) is 6.32. The van der Waals surface area contributed by atoms with Crippen molar-refractivity contribution < 1.29 is 29.0 Å². The minimum atomic E-state index is -0.721. The number of ether oxygens (including phenoxy) is 2. The molecule has 1 saturated heterocycles. The maximum Gasteiger partial charge on any atom is 0.226 e. The SMILES string of the molecule is COC1=C(C)C(=O)C2=C(C1=O)C(CNC(C)=O)N1C(C2)C2c3c(cc(C)c(OC)c3O)CC([C@@H]1C#N)N2C. The van der Waals surface area contributed by atoms with E-state index in [-0.39, 0.29) is 59.4 Å². The van der Waals surface area contributed by atoms with Crippen LogP contribution in [0.3, 0.4) is 0 Å². The first kappa shape index (κ1) is 25.9. The average molecular weight is 521 g/mol. The Morgan fingerprint density at radius 3 is 2.50 bits per heavy atom. The lowest BCUT2D eigenvalue weighted by Gasteiger charge is -2.60. The van der Waals surface area contributed by atoms with Crippen LogP contribution in [-0.4, -0.2) is 84.4 Å². The fourth-order valence-corrected chi connectivity index (χ4v) is 7.05. The third-order valence-corrected chi connectivity index (χ3v) is 8.61. The second-order valence-electron chi connectivity index (χ2n) is 10.5. The van der Waals surface area contributed by atoms with Gasteiger partial charge in [0.25, 0.3) is 0 Å². The summed E-state index contributed by atoms with van der Waals surface area (Å²) in [5, 5.41) is 24.7. The first-order chi connectivity index (χ1) is 18.1. The van der Waals surface area contributed by atoms with Crippen LogP contribution in [-0.2, 0) is 25.5 Å². The smallest absolute Gasteiger partial charge is 0.226 e. The van der Waals surface area contributed by atoms with E-state index >= 15 is 0 Å². The van der Waals surface area contributed by atoms with Crippen molar-refractivity contribution in [3.05, 3.63) is 45.2 Å². The van der Waals surface area contributed by atoms with Gasteiger partial charge in [-0.1, -0.05) is 6.07 Å². The summed E-state index contributed by atoms with van der Waals surface area (Å²) < 4.78 is 10.9. The van der Waals surface area contributed by atoms with Crippen molar-refractivity contribution >= 4 is 17.5 Å². The van der Waals surface area contributed by atoms with Crippen LogP contribution in [0.2, 0.25) is 0 Å². The number of allylic oxidation sites excluding steroid dienone is 2. The van der Waals surface area contributed by atoms with Crippen molar-refractivity contribution in [3.8, 4) is 17.6 Å². The zero-order valence-electron chi connectivity index (χ0n) is 22.4. The van der Waals surface area contributed by atoms with E-state index in [0.29, 0.717) is 23.3 Å². The van der Waals surface area contributed by atoms with E-state index in [9.17, 15) is 24.8 Å². The zero-order chi connectivity index (χ0) is 27.6. The Hall–Kier alpha value is -3.68. The second kappa shape index (κ2) is 9.26. The van der Waals surface area contributed by atoms with Gasteiger partial charge in [-0.2, -0.15) is 5.26 Å². The normalized spacial score (nSPS) is 28.8. The van der Waals surface area contributed by atoms with Gasteiger partial charge in [0.05, 0.1) is 32.4 Å². The molecule has 1 aromatic carbocycles. The number of amides is 1. The van der Waals surface area contributed by atoms with E-state index in [1.807, 2.05) is 24.9 Å². The Morgan fingerprint density at radius 1 is 1.18 bits per heavy atom. The quantitative estimate of drug-likeness (QED) is 0.566. The van der Waals surface area contributed by atoms with Crippen molar-refractivity contribution in [1.82, 2.24) is 15.1 Å². The molecule has 200 valence electrons. The van der Waals surface area contributed by atoms with Crippen molar-refractivity contribution in [2.45, 2.75) is 63.8 Å². The van der Waals surface area contributed by atoms with E-state index in [4.69, 9.17) is 9.47 Å². The molecule has 0 saturated carbocycles. The summed E-state index contributed by atoms with van der Waals surface area (Å²) in [4.78, 5) is 43.3. The summed E-state index contributed by atoms with van der Waals surface area (Å²) in [5.74, 6) is -0.518. The molecule has 1 aliphatic carbocycles. The Morgan fingerprint density at radius 2 is 1.89 bits per heavy atom. The zero-order valence-corrected chi connectivity index (χ0v) is 22.4. The molecule has 4 aliphatic rings. The number of aryl methyl sites for hydroxylation is 1. The number of hydrogen-bond acceptors (Lipinski definition) is 9. The highest BCUT2D eigenvalue weighted by Crippen LogP contribution is 2.53. The number of rotatable bonds is 4. The maximum atomic E-state index is 13.7. The highest BCUT2D eigenvalue weighted by atomic mass is 16.5. The van der Waals surface area contributed by atoms with Crippen LogP contribution in [0.4, 0.5) is 0 Å². The van der Waals surface area contributed by atoms with Crippen LogP contribution < -0.4 is 10.1 Å². The molecule has 10 nitrogen and oxygen atoms in total. The standard InChI is InChI=1S/C28H32N4O6/c1-12-7-15-8-17-19(10-29)32-18(23(31(17)4)21(15)25(35)27(12)37-5)9-16-22(20(32)11-30-14(3)33)26(36)28(38-6)13(2)24(16)34/h7,17-20,23,35H,8-9,11H2,1-6H3,(H,30,33)/t17?,18?,19-,20?,23?/m0/s1. The van der Waals surface area contributed by atoms with Crippen LogP contribution in [0.5, 0.6) is 11.5 Å². The topological polar surface area (TPSA) is 132 Å². The van der Waals surface area contributed by atoms with Gasteiger partial charge < -0.3 is 19.9 Å². The summed E-state index contributed by atoms with van der Waals surface area (Å²) in [6, 6.07) is 2.07. The van der Waals surface area contributed by atoms with E-state index < -0.39 is 23.9 Å². The van der Waals surface area contributed by atoms with Crippen LogP contribution in [0, 0.1) is 18.3 Å². The fourth-order valence-electron chi connectivity index (χ4n) is 7.05. The van der Waals surface area contributed by atoms with E-state index in [1.54, 1.807) is 6.92 Å². The van der Waals surface area contributed by atoms with Gasteiger partial charge in [0.1, 0.15) is 6.04 Å². The Bertz CT molecular complexity index is 1370. The van der Waals surface area contributed by atoms with Gasteiger partial charge in [-0.3, -0.25) is 24.2 Å². The molecule has 3 heterocycles. The molecule has 0 radical (unpaired) electrons. The van der Waals surface area contributed by atoms with Crippen LogP contribution >= 0.6 is 0 Å². The molecule has 5 rings (SSSR count). The summed E-state index contributed by atoms with van der Waals surface area (Å²) in [6.45, 7) is 4.89. The van der Waals surface area contributed by atoms with Gasteiger partial charge in [0.15, 0.2) is 23.0 Å². The molecule has 0 aromatic heterocycles. The van der Waals surface area contributed by atoms with Gasteiger partial charge in [0.2, 0.25) is 11.7 Å². The van der Waals surface area contributed by atoms with Gasteiger partial charge in [-0.25, -0.2) is 0 Å². The number of piperazine rings is 1. The molecule has 5 atom stereocenters. The third kappa shape index (κ3) is 3.49. The highest BCUT2D eigenvalue weighted by molar-refractivity contribution is 6.25. The number of fused-ring (bicyclic) bond motifs is 6. The van der Waals surface area contributed by atoms with Crippen LogP contribution in [0.15, 0.2) is 28.5 Å². The number of methoxy groups -OCH3 is 2.